The zero-order chi connectivity index (χ0) is 25.2. The first-order valence-electron chi connectivity index (χ1n) is 11.7. The van der Waals surface area contributed by atoms with Gasteiger partial charge in [-0.2, -0.15) is 13.2 Å². The molecule has 1 aliphatic heterocycles. The van der Waals surface area contributed by atoms with Crippen LogP contribution in [-0.4, -0.2) is 28.5 Å². The molecule has 4 nitrogen and oxygen atoms in total. The number of aryl methyl sites for hydroxylation is 1. The van der Waals surface area contributed by atoms with Crippen LogP contribution in [0.5, 0.6) is 0 Å². The van der Waals surface area contributed by atoms with Crippen molar-refractivity contribution in [1.29, 1.82) is 0 Å². The molecule has 2 aliphatic rings. The highest BCUT2D eigenvalue weighted by atomic mass is 19.4. The van der Waals surface area contributed by atoms with Crippen LogP contribution in [0, 0.1) is 24.6 Å². The normalized spacial score (nSPS) is 23.8. The number of hydrogen-bond acceptors (Lipinski definition) is 3. The molecule has 0 radical (unpaired) electrons. The minimum absolute atomic E-state index is 0.0604. The van der Waals surface area contributed by atoms with E-state index in [9.17, 15) is 27.5 Å². The zero-order valence-electron chi connectivity index (χ0n) is 19.3. The van der Waals surface area contributed by atoms with Crippen molar-refractivity contribution in [2.45, 2.75) is 44.6 Å². The SMILES string of the molecule is Cc1cccc(F)c1C(O)N1CCCC(C(=O)Nc2cccc(C(F)(F)F)c2)[C@H]1[C@@H]1C=CC=CC1. The fraction of sp³-hybridized carbons (Fsp3) is 0.370. The summed E-state index contributed by atoms with van der Waals surface area (Å²) in [5, 5.41) is 14.0. The van der Waals surface area contributed by atoms with E-state index < -0.39 is 41.7 Å². The fourth-order valence-electron chi connectivity index (χ4n) is 5.16. The lowest BCUT2D eigenvalue weighted by Gasteiger charge is -2.46. The average molecular weight is 489 g/mol. The number of allylic oxidation sites excluding steroid dienone is 3. The zero-order valence-corrected chi connectivity index (χ0v) is 19.3. The number of carbonyl (C=O) groups is 1. The summed E-state index contributed by atoms with van der Waals surface area (Å²) >= 11 is 0. The molecule has 0 spiro atoms. The van der Waals surface area contributed by atoms with E-state index in [4.69, 9.17) is 0 Å². The van der Waals surface area contributed by atoms with Crippen LogP contribution in [0.4, 0.5) is 23.2 Å². The van der Waals surface area contributed by atoms with Crippen molar-refractivity contribution < 1.29 is 27.5 Å². The second-order valence-corrected chi connectivity index (χ2v) is 9.10. The number of piperidine rings is 1. The maximum absolute atomic E-state index is 14.7. The Hall–Kier alpha value is -2.97. The highest BCUT2D eigenvalue weighted by molar-refractivity contribution is 5.93. The Morgan fingerprint density at radius 3 is 2.63 bits per heavy atom. The molecule has 1 heterocycles. The van der Waals surface area contributed by atoms with E-state index >= 15 is 0 Å². The number of benzene rings is 2. The third kappa shape index (κ3) is 5.49. The molecule has 8 heteroatoms. The number of nitrogens with zero attached hydrogens (tertiary/aromatic N) is 1. The first-order valence-corrected chi connectivity index (χ1v) is 11.7. The molecule has 2 unspecified atom stereocenters. The van der Waals surface area contributed by atoms with Crippen LogP contribution in [0.15, 0.2) is 66.8 Å². The molecule has 1 aliphatic carbocycles. The van der Waals surface area contributed by atoms with Crippen molar-refractivity contribution in [3.05, 3.63) is 89.3 Å². The molecule has 1 saturated heterocycles. The predicted octanol–water partition coefficient (Wildman–Crippen LogP) is 6.00. The molecule has 4 atom stereocenters. The fourth-order valence-corrected chi connectivity index (χ4v) is 5.16. The van der Waals surface area contributed by atoms with Gasteiger partial charge in [0.25, 0.3) is 0 Å². The molecule has 0 bridgehead atoms. The van der Waals surface area contributed by atoms with E-state index in [0.717, 1.165) is 12.1 Å². The molecule has 2 N–H and O–H groups in total. The topological polar surface area (TPSA) is 52.6 Å². The Kier molecular flexibility index (Phi) is 7.42. The van der Waals surface area contributed by atoms with E-state index in [0.29, 0.717) is 31.4 Å². The van der Waals surface area contributed by atoms with Crippen molar-refractivity contribution in [2.24, 2.45) is 11.8 Å². The van der Waals surface area contributed by atoms with Gasteiger partial charge < -0.3 is 10.4 Å². The Balaban J connectivity index is 1.65. The summed E-state index contributed by atoms with van der Waals surface area (Å²) in [6.45, 7) is 2.18. The molecule has 1 amide bonds. The quantitative estimate of drug-likeness (QED) is 0.508. The minimum atomic E-state index is -4.52. The van der Waals surface area contributed by atoms with Crippen LogP contribution in [0.1, 0.15) is 42.2 Å². The largest absolute Gasteiger partial charge is 0.416 e. The highest BCUT2D eigenvalue weighted by Crippen LogP contribution is 2.39. The molecular weight excluding hydrogens is 460 g/mol. The van der Waals surface area contributed by atoms with Crippen molar-refractivity contribution in [3.8, 4) is 0 Å². The van der Waals surface area contributed by atoms with Gasteiger partial charge >= 0.3 is 6.18 Å². The summed E-state index contributed by atoms with van der Waals surface area (Å²) in [6.07, 6.45) is 3.65. The maximum atomic E-state index is 14.7. The first kappa shape index (κ1) is 25.1. The van der Waals surface area contributed by atoms with E-state index in [1.807, 2.05) is 24.3 Å². The molecule has 1 fully saturated rings. The van der Waals surface area contributed by atoms with Crippen molar-refractivity contribution in [3.63, 3.8) is 0 Å². The van der Waals surface area contributed by atoms with Gasteiger partial charge in [-0.3, -0.25) is 9.69 Å². The highest BCUT2D eigenvalue weighted by Gasteiger charge is 2.43. The standard InChI is InChI=1S/C27H28F4N2O2/c1-17-8-5-14-22(28)23(17)26(35)33-15-7-13-21(24(33)18-9-3-2-4-10-18)25(34)32-20-12-6-11-19(16-20)27(29,30)31/h2-6,8-9,11-12,14,16,18,21,24,26,35H,7,10,13,15H2,1H3,(H,32,34)/t18-,21?,24-,26?/m1/s1. The Labute approximate surface area is 201 Å². The number of rotatable bonds is 5. The molecule has 4 rings (SSSR count). The maximum Gasteiger partial charge on any atom is 0.416 e. The van der Waals surface area contributed by atoms with Gasteiger partial charge in [0.15, 0.2) is 0 Å². The van der Waals surface area contributed by atoms with Gasteiger partial charge in [0.2, 0.25) is 5.91 Å². The lowest BCUT2D eigenvalue weighted by atomic mass is 9.77. The predicted molar refractivity (Wildman–Crippen MR) is 126 cm³/mol. The van der Waals surface area contributed by atoms with Gasteiger partial charge in [0.05, 0.1) is 11.5 Å². The van der Waals surface area contributed by atoms with Gasteiger partial charge in [0.1, 0.15) is 12.0 Å². The van der Waals surface area contributed by atoms with Crippen LogP contribution in [-0.2, 0) is 11.0 Å². The van der Waals surface area contributed by atoms with E-state index in [2.05, 4.69) is 5.32 Å². The van der Waals surface area contributed by atoms with Crippen molar-refractivity contribution in [2.75, 3.05) is 11.9 Å². The monoisotopic (exact) mass is 488 g/mol. The van der Waals surface area contributed by atoms with Crippen LogP contribution in [0.3, 0.4) is 0 Å². The van der Waals surface area contributed by atoms with Gasteiger partial charge in [-0.15, -0.1) is 0 Å². The van der Waals surface area contributed by atoms with Crippen molar-refractivity contribution >= 4 is 11.6 Å². The Morgan fingerprint density at radius 2 is 1.94 bits per heavy atom. The van der Waals surface area contributed by atoms with Crippen LogP contribution in [0.25, 0.3) is 0 Å². The molecule has 186 valence electrons. The van der Waals surface area contributed by atoms with Gasteiger partial charge in [-0.05, 0) is 61.9 Å². The second-order valence-electron chi connectivity index (χ2n) is 9.10. The summed E-state index contributed by atoms with van der Waals surface area (Å²) in [5.41, 5.74) is -0.00848. The average Bonchev–Trinajstić information content (AvgIpc) is 2.83. The van der Waals surface area contributed by atoms with E-state index in [1.165, 1.54) is 18.2 Å². The summed E-state index contributed by atoms with van der Waals surface area (Å²) in [5.74, 6) is -1.68. The van der Waals surface area contributed by atoms with E-state index in [-0.39, 0.29) is 17.2 Å². The molecular formula is C27H28F4N2O2. The van der Waals surface area contributed by atoms with Gasteiger partial charge in [0, 0.05) is 23.8 Å². The third-order valence-electron chi connectivity index (χ3n) is 6.82. The smallest absolute Gasteiger partial charge is 0.374 e. The van der Waals surface area contributed by atoms with E-state index in [1.54, 1.807) is 24.0 Å². The number of anilines is 1. The lowest BCUT2D eigenvalue weighted by molar-refractivity contribution is -0.137. The number of carbonyl (C=O) groups excluding carboxylic acids is 1. The summed E-state index contributed by atoms with van der Waals surface area (Å²) in [7, 11) is 0. The number of halogens is 4. The Morgan fingerprint density at radius 1 is 1.17 bits per heavy atom. The number of nitrogens with one attached hydrogen (secondary N) is 1. The third-order valence-corrected chi connectivity index (χ3v) is 6.82. The Bertz CT molecular complexity index is 1110. The summed E-state index contributed by atoms with van der Waals surface area (Å²) < 4.78 is 54.1. The number of hydrogen-bond donors (Lipinski definition) is 2. The number of likely N-dealkylation sites (tertiary alicyclic amines) is 1. The van der Waals surface area contributed by atoms with Gasteiger partial charge in [-0.25, -0.2) is 4.39 Å². The summed E-state index contributed by atoms with van der Waals surface area (Å²) in [6, 6.07) is 8.67. The minimum Gasteiger partial charge on any atom is -0.374 e. The number of amides is 1. The van der Waals surface area contributed by atoms with Crippen LogP contribution >= 0.6 is 0 Å². The molecule has 0 aromatic heterocycles. The number of alkyl halides is 3. The number of aliphatic hydroxyl groups is 1. The van der Waals surface area contributed by atoms with Crippen molar-refractivity contribution in [1.82, 2.24) is 4.90 Å². The second kappa shape index (κ2) is 10.3. The van der Waals surface area contributed by atoms with Crippen LogP contribution < -0.4 is 5.32 Å². The first-order chi connectivity index (χ1) is 16.7. The molecule has 0 saturated carbocycles. The molecule has 2 aromatic rings. The van der Waals surface area contributed by atoms with Gasteiger partial charge in [-0.1, -0.05) is 42.5 Å². The summed E-state index contributed by atoms with van der Waals surface area (Å²) in [4.78, 5) is 15.2. The lowest BCUT2D eigenvalue weighted by Crippen LogP contribution is -2.54. The molecule has 2 aromatic carbocycles. The van der Waals surface area contributed by atoms with Crippen LogP contribution in [0.2, 0.25) is 0 Å². The molecule has 35 heavy (non-hydrogen) atoms. The number of aliphatic hydroxyl groups excluding tert-OH is 1.